The first-order valence-corrected chi connectivity index (χ1v) is 9.70. The molecule has 4 rings (SSSR count). The number of para-hydroxylation sites is 1. The van der Waals surface area contributed by atoms with Crippen molar-refractivity contribution < 1.29 is 9.18 Å². The van der Waals surface area contributed by atoms with Gasteiger partial charge in [-0.15, -0.1) is 0 Å². The molecule has 30 heavy (non-hydrogen) atoms. The molecular weight excluding hydrogens is 405 g/mol. The van der Waals surface area contributed by atoms with E-state index in [1.54, 1.807) is 29.9 Å². The number of anilines is 1. The van der Waals surface area contributed by atoms with Crippen LogP contribution in [0.25, 0.3) is 5.69 Å². The molecule has 2 heterocycles. The Morgan fingerprint density at radius 3 is 2.63 bits per heavy atom. The van der Waals surface area contributed by atoms with Crippen LogP contribution in [0.4, 0.5) is 10.1 Å². The first-order valence-electron chi connectivity index (χ1n) is 9.32. The van der Waals surface area contributed by atoms with Crippen molar-refractivity contribution in [2.24, 2.45) is 0 Å². The van der Waals surface area contributed by atoms with Gasteiger partial charge in [0.05, 0.1) is 41.1 Å². The van der Waals surface area contributed by atoms with Crippen LogP contribution < -0.4 is 5.32 Å². The van der Waals surface area contributed by atoms with E-state index in [9.17, 15) is 9.18 Å². The summed E-state index contributed by atoms with van der Waals surface area (Å²) >= 11 is 6.08. The molecule has 0 radical (unpaired) electrons. The van der Waals surface area contributed by atoms with E-state index in [-0.39, 0.29) is 12.5 Å². The second-order valence-corrected chi connectivity index (χ2v) is 7.28. The fourth-order valence-electron chi connectivity index (χ4n) is 3.35. The molecule has 0 aliphatic carbocycles. The Kier molecular flexibility index (Phi) is 5.37. The molecule has 2 aromatic carbocycles. The highest BCUT2D eigenvalue weighted by molar-refractivity contribution is 6.31. The van der Waals surface area contributed by atoms with Crippen molar-refractivity contribution in [2.45, 2.75) is 20.4 Å². The van der Waals surface area contributed by atoms with Crippen molar-refractivity contribution in [2.75, 3.05) is 5.32 Å². The highest BCUT2D eigenvalue weighted by Crippen LogP contribution is 2.22. The van der Waals surface area contributed by atoms with Crippen molar-refractivity contribution >= 4 is 23.2 Å². The maximum absolute atomic E-state index is 14.0. The summed E-state index contributed by atoms with van der Waals surface area (Å²) in [5.41, 5.74) is 3.59. The smallest absolute Gasteiger partial charge is 0.259 e. The summed E-state index contributed by atoms with van der Waals surface area (Å²) in [6.45, 7) is 3.81. The zero-order valence-corrected chi connectivity index (χ0v) is 17.2. The number of aromatic nitrogens is 4. The zero-order valence-electron chi connectivity index (χ0n) is 16.4. The van der Waals surface area contributed by atoms with Crippen molar-refractivity contribution in [1.29, 1.82) is 0 Å². The fourth-order valence-corrected chi connectivity index (χ4v) is 3.57. The molecule has 0 saturated heterocycles. The lowest BCUT2D eigenvalue weighted by molar-refractivity contribution is 0.102. The van der Waals surface area contributed by atoms with Crippen molar-refractivity contribution in [3.05, 3.63) is 94.3 Å². The van der Waals surface area contributed by atoms with Crippen molar-refractivity contribution in [1.82, 2.24) is 19.6 Å². The Morgan fingerprint density at radius 2 is 1.90 bits per heavy atom. The minimum Gasteiger partial charge on any atom is -0.319 e. The minimum atomic E-state index is -0.400. The van der Waals surface area contributed by atoms with E-state index in [0.717, 1.165) is 11.4 Å². The maximum atomic E-state index is 14.0. The molecule has 1 amide bonds. The number of carbonyl (C=O) groups excluding carboxylic acids is 1. The van der Waals surface area contributed by atoms with Crippen molar-refractivity contribution in [3.8, 4) is 5.69 Å². The number of halogens is 2. The molecule has 0 unspecified atom stereocenters. The average molecular weight is 424 g/mol. The second kappa shape index (κ2) is 8.12. The molecule has 0 aliphatic rings. The highest BCUT2D eigenvalue weighted by Gasteiger charge is 2.20. The summed E-state index contributed by atoms with van der Waals surface area (Å²) in [7, 11) is 0. The van der Waals surface area contributed by atoms with E-state index in [0.29, 0.717) is 27.5 Å². The number of nitrogens with zero attached hydrogens (tertiary/aromatic N) is 4. The molecule has 0 saturated carbocycles. The van der Waals surface area contributed by atoms with Crippen LogP contribution in [0.3, 0.4) is 0 Å². The monoisotopic (exact) mass is 423 g/mol. The second-order valence-electron chi connectivity index (χ2n) is 6.87. The average Bonchev–Trinajstić information content (AvgIpc) is 3.28. The van der Waals surface area contributed by atoms with Gasteiger partial charge in [0.2, 0.25) is 0 Å². The summed E-state index contributed by atoms with van der Waals surface area (Å²) < 4.78 is 17.3. The molecule has 6 nitrogen and oxygen atoms in total. The number of rotatable bonds is 5. The summed E-state index contributed by atoms with van der Waals surface area (Å²) in [6.07, 6.45) is 3.14. The third-order valence-corrected chi connectivity index (χ3v) is 5.15. The van der Waals surface area contributed by atoms with Crippen LogP contribution >= 0.6 is 11.6 Å². The van der Waals surface area contributed by atoms with Gasteiger partial charge in [-0.3, -0.25) is 9.48 Å². The van der Waals surface area contributed by atoms with Crippen LogP contribution in [-0.4, -0.2) is 25.5 Å². The van der Waals surface area contributed by atoms with Crippen molar-refractivity contribution in [3.63, 3.8) is 0 Å². The van der Waals surface area contributed by atoms with E-state index in [4.69, 9.17) is 11.6 Å². The SMILES string of the molecule is Cc1nn(-c2ccccc2)c(C)c1C(=O)Nc1cnn(Cc2c(F)cccc2Cl)c1. The Bertz CT molecular complexity index is 1200. The van der Waals surface area contributed by atoms with Gasteiger partial charge in [0.15, 0.2) is 0 Å². The summed E-state index contributed by atoms with van der Waals surface area (Å²) in [5.74, 6) is -0.682. The summed E-state index contributed by atoms with van der Waals surface area (Å²) in [4.78, 5) is 12.9. The minimum absolute atomic E-state index is 0.158. The lowest BCUT2D eigenvalue weighted by atomic mass is 10.2. The van der Waals surface area contributed by atoms with E-state index in [2.05, 4.69) is 15.5 Å². The summed E-state index contributed by atoms with van der Waals surface area (Å²) in [5, 5.41) is 11.9. The molecule has 1 N–H and O–H groups in total. The van der Waals surface area contributed by atoms with Gasteiger partial charge in [0, 0.05) is 16.8 Å². The number of hydrogen-bond donors (Lipinski definition) is 1. The standard InChI is InChI=1S/C22H19ClFN5O/c1-14-21(15(2)29(27-14)17-7-4-3-5-8-17)22(30)26-16-11-25-28(12-16)13-18-19(23)9-6-10-20(18)24/h3-12H,13H2,1-2H3,(H,26,30). The molecule has 2 aromatic heterocycles. The van der Waals surface area contributed by atoms with Gasteiger partial charge < -0.3 is 5.32 Å². The normalized spacial score (nSPS) is 10.9. The molecular formula is C22H19ClFN5O. The van der Waals surface area contributed by atoms with Crippen LogP contribution in [0, 0.1) is 19.7 Å². The van der Waals surface area contributed by atoms with Gasteiger partial charge in [-0.05, 0) is 38.1 Å². The maximum Gasteiger partial charge on any atom is 0.259 e. The Morgan fingerprint density at radius 1 is 1.13 bits per heavy atom. The molecule has 0 bridgehead atoms. The summed E-state index contributed by atoms with van der Waals surface area (Å²) in [6, 6.07) is 14.2. The van der Waals surface area contributed by atoms with E-state index < -0.39 is 5.82 Å². The topological polar surface area (TPSA) is 64.7 Å². The van der Waals surface area contributed by atoms with Gasteiger partial charge in [0.25, 0.3) is 5.91 Å². The largest absolute Gasteiger partial charge is 0.319 e. The highest BCUT2D eigenvalue weighted by atomic mass is 35.5. The number of carbonyl (C=O) groups is 1. The van der Waals surface area contributed by atoms with Gasteiger partial charge in [-0.25, -0.2) is 9.07 Å². The third-order valence-electron chi connectivity index (χ3n) is 4.79. The molecule has 0 fully saturated rings. The van der Waals surface area contributed by atoms with E-state index in [1.807, 2.05) is 37.3 Å². The van der Waals surface area contributed by atoms with Gasteiger partial charge in [0.1, 0.15) is 5.82 Å². The molecule has 0 atom stereocenters. The number of nitrogens with one attached hydrogen (secondary N) is 1. The van der Waals surface area contributed by atoms with Gasteiger partial charge >= 0.3 is 0 Å². The molecule has 8 heteroatoms. The molecule has 0 spiro atoms. The lowest BCUT2D eigenvalue weighted by Crippen LogP contribution is -2.14. The fraction of sp³-hybridized carbons (Fsp3) is 0.136. The van der Waals surface area contributed by atoms with Crippen LogP contribution in [-0.2, 0) is 6.54 Å². The Labute approximate surface area is 177 Å². The van der Waals surface area contributed by atoms with E-state index >= 15 is 0 Å². The van der Waals surface area contributed by atoms with Crippen LogP contribution in [0.15, 0.2) is 60.9 Å². The Hall–Kier alpha value is -3.45. The predicted molar refractivity (Wildman–Crippen MR) is 114 cm³/mol. The molecule has 152 valence electrons. The van der Waals surface area contributed by atoms with Gasteiger partial charge in [-0.1, -0.05) is 35.9 Å². The van der Waals surface area contributed by atoms with Crippen LogP contribution in [0.2, 0.25) is 5.02 Å². The first kappa shape index (κ1) is 19.8. The quantitative estimate of drug-likeness (QED) is 0.502. The third kappa shape index (κ3) is 3.84. The zero-order chi connectivity index (χ0) is 21.3. The molecule has 4 aromatic rings. The number of amides is 1. The number of hydrogen-bond acceptors (Lipinski definition) is 3. The first-order chi connectivity index (χ1) is 14.4. The number of benzene rings is 2. The number of aryl methyl sites for hydroxylation is 1. The Balaban J connectivity index is 1.54. The predicted octanol–water partition coefficient (Wildman–Crippen LogP) is 4.78. The lowest BCUT2D eigenvalue weighted by Gasteiger charge is -2.06. The van der Waals surface area contributed by atoms with E-state index in [1.165, 1.54) is 16.9 Å². The van der Waals surface area contributed by atoms with Gasteiger partial charge in [-0.2, -0.15) is 10.2 Å². The van der Waals surface area contributed by atoms with Crippen LogP contribution in [0.5, 0.6) is 0 Å². The molecule has 0 aliphatic heterocycles. The van der Waals surface area contributed by atoms with Crippen LogP contribution in [0.1, 0.15) is 27.3 Å².